The number of alkyl halides is 3. The van der Waals surface area contributed by atoms with Gasteiger partial charge in [-0.3, -0.25) is 9.69 Å². The molecule has 1 aromatic heterocycles. The van der Waals surface area contributed by atoms with Gasteiger partial charge in [0.2, 0.25) is 5.91 Å². The molecule has 8 heteroatoms. The van der Waals surface area contributed by atoms with Gasteiger partial charge in [0.05, 0.1) is 25.4 Å². The summed E-state index contributed by atoms with van der Waals surface area (Å²) in [5.74, 6) is 0.186. The third kappa shape index (κ3) is 6.07. The molecular weight excluding hydrogens is 275 g/mol. The Balaban J connectivity index is 2.35. The van der Waals surface area contributed by atoms with Crippen molar-refractivity contribution in [1.82, 2.24) is 15.5 Å². The summed E-state index contributed by atoms with van der Waals surface area (Å²) in [6.07, 6.45) is -2.79. The molecule has 114 valence electrons. The number of carbonyl (C=O) groups is 1. The van der Waals surface area contributed by atoms with E-state index >= 15 is 0 Å². The highest BCUT2D eigenvalue weighted by molar-refractivity contribution is 5.78. The van der Waals surface area contributed by atoms with E-state index in [4.69, 9.17) is 4.42 Å². The second-order valence-corrected chi connectivity index (χ2v) is 4.52. The van der Waals surface area contributed by atoms with E-state index in [1.165, 1.54) is 6.26 Å². The molecule has 0 saturated heterocycles. The quantitative estimate of drug-likeness (QED) is 0.792. The molecular formula is C12H18F3N3O2. The summed E-state index contributed by atoms with van der Waals surface area (Å²) >= 11 is 0. The number of amides is 1. The molecule has 0 radical (unpaired) electrons. The average Bonchev–Trinajstić information content (AvgIpc) is 2.80. The molecule has 1 atom stereocenters. The third-order valence-corrected chi connectivity index (χ3v) is 2.60. The van der Waals surface area contributed by atoms with E-state index in [2.05, 4.69) is 5.32 Å². The molecule has 2 N–H and O–H groups in total. The first-order chi connectivity index (χ1) is 9.29. The fourth-order valence-electron chi connectivity index (χ4n) is 1.61. The lowest BCUT2D eigenvalue weighted by molar-refractivity contribution is -0.128. The Morgan fingerprint density at radius 1 is 1.45 bits per heavy atom. The maximum absolute atomic E-state index is 11.9. The standard InChI is InChI=1S/C12H18F3N3O2/c1-18(2)9(10-4-3-5-20-10)6-17-11(19)7-16-8-12(13,14)15/h3-5,9,16H,6-8H2,1-2H3,(H,17,19). The van der Waals surface area contributed by atoms with E-state index in [0.29, 0.717) is 5.76 Å². The van der Waals surface area contributed by atoms with Gasteiger partial charge >= 0.3 is 6.18 Å². The van der Waals surface area contributed by atoms with Gasteiger partial charge in [-0.05, 0) is 26.2 Å². The molecule has 1 unspecified atom stereocenters. The van der Waals surface area contributed by atoms with Gasteiger partial charge in [-0.2, -0.15) is 13.2 Å². The van der Waals surface area contributed by atoms with E-state index in [9.17, 15) is 18.0 Å². The number of likely N-dealkylation sites (N-methyl/N-ethyl adjacent to an activating group) is 1. The second-order valence-electron chi connectivity index (χ2n) is 4.52. The summed E-state index contributed by atoms with van der Waals surface area (Å²) in [4.78, 5) is 13.3. The molecule has 0 aromatic carbocycles. The number of carbonyl (C=O) groups excluding carboxylic acids is 1. The van der Waals surface area contributed by atoms with Crippen molar-refractivity contribution < 1.29 is 22.4 Å². The molecule has 20 heavy (non-hydrogen) atoms. The van der Waals surface area contributed by atoms with Crippen LogP contribution >= 0.6 is 0 Å². The number of hydrogen-bond acceptors (Lipinski definition) is 4. The molecule has 1 aromatic rings. The molecule has 5 nitrogen and oxygen atoms in total. The Labute approximate surface area is 115 Å². The Bertz CT molecular complexity index is 405. The minimum absolute atomic E-state index is 0.170. The maximum Gasteiger partial charge on any atom is 0.401 e. The third-order valence-electron chi connectivity index (χ3n) is 2.60. The van der Waals surface area contributed by atoms with E-state index in [-0.39, 0.29) is 19.1 Å². The lowest BCUT2D eigenvalue weighted by atomic mass is 10.2. The topological polar surface area (TPSA) is 57.5 Å². The van der Waals surface area contributed by atoms with Crippen molar-refractivity contribution in [3.8, 4) is 0 Å². The summed E-state index contributed by atoms with van der Waals surface area (Å²) in [5, 5.41) is 4.61. The van der Waals surface area contributed by atoms with Crippen molar-refractivity contribution in [3.63, 3.8) is 0 Å². The summed E-state index contributed by atoms with van der Waals surface area (Å²) in [6.45, 7) is -1.30. The average molecular weight is 293 g/mol. The van der Waals surface area contributed by atoms with Crippen LogP contribution in [0.25, 0.3) is 0 Å². The highest BCUT2D eigenvalue weighted by Crippen LogP contribution is 2.17. The van der Waals surface area contributed by atoms with Gasteiger partial charge < -0.3 is 15.1 Å². The molecule has 0 aliphatic rings. The first kappa shape index (κ1) is 16.5. The summed E-state index contributed by atoms with van der Waals surface area (Å²) in [6, 6.07) is 3.34. The maximum atomic E-state index is 11.9. The Morgan fingerprint density at radius 2 is 2.15 bits per heavy atom. The zero-order valence-electron chi connectivity index (χ0n) is 11.3. The van der Waals surface area contributed by atoms with Gasteiger partial charge in [0.15, 0.2) is 0 Å². The minimum Gasteiger partial charge on any atom is -0.468 e. The fraction of sp³-hybridized carbons (Fsp3) is 0.583. The highest BCUT2D eigenvalue weighted by atomic mass is 19.4. The smallest absolute Gasteiger partial charge is 0.401 e. The van der Waals surface area contributed by atoms with Crippen molar-refractivity contribution >= 4 is 5.91 Å². The molecule has 1 amide bonds. The monoisotopic (exact) mass is 293 g/mol. The lowest BCUT2D eigenvalue weighted by Crippen LogP contribution is -2.41. The Hall–Kier alpha value is -1.54. The van der Waals surface area contributed by atoms with Gasteiger partial charge in [-0.1, -0.05) is 0 Å². The molecule has 0 spiro atoms. The molecule has 1 heterocycles. The van der Waals surface area contributed by atoms with Crippen LogP contribution in [-0.2, 0) is 4.79 Å². The van der Waals surface area contributed by atoms with Crippen LogP contribution in [0.15, 0.2) is 22.8 Å². The largest absolute Gasteiger partial charge is 0.468 e. The fourth-order valence-corrected chi connectivity index (χ4v) is 1.61. The zero-order chi connectivity index (χ0) is 15.2. The first-order valence-electron chi connectivity index (χ1n) is 6.03. The van der Waals surface area contributed by atoms with Gasteiger partial charge in [0, 0.05) is 6.54 Å². The molecule has 0 bridgehead atoms. The van der Waals surface area contributed by atoms with Crippen molar-refractivity contribution in [2.24, 2.45) is 0 Å². The van der Waals surface area contributed by atoms with E-state index < -0.39 is 18.6 Å². The van der Waals surface area contributed by atoms with Crippen molar-refractivity contribution in [3.05, 3.63) is 24.2 Å². The number of rotatable bonds is 7. The molecule has 1 rings (SSSR count). The van der Waals surface area contributed by atoms with Crippen LogP contribution in [-0.4, -0.2) is 50.7 Å². The number of halogens is 3. The molecule has 0 aliphatic carbocycles. The van der Waals surface area contributed by atoms with E-state index in [1.54, 1.807) is 12.1 Å². The molecule has 0 saturated carbocycles. The predicted octanol–water partition coefficient (Wildman–Crippen LogP) is 1.15. The van der Waals surface area contributed by atoms with E-state index in [1.807, 2.05) is 24.3 Å². The van der Waals surface area contributed by atoms with Crippen molar-refractivity contribution in [2.75, 3.05) is 33.7 Å². The van der Waals surface area contributed by atoms with Crippen LogP contribution in [0.3, 0.4) is 0 Å². The van der Waals surface area contributed by atoms with Crippen LogP contribution in [0.2, 0.25) is 0 Å². The number of furan rings is 1. The number of nitrogens with one attached hydrogen (secondary N) is 2. The van der Waals surface area contributed by atoms with Gasteiger partial charge in [-0.15, -0.1) is 0 Å². The van der Waals surface area contributed by atoms with Crippen LogP contribution in [0.5, 0.6) is 0 Å². The molecule has 0 fully saturated rings. The minimum atomic E-state index is -4.32. The van der Waals surface area contributed by atoms with Crippen LogP contribution < -0.4 is 10.6 Å². The predicted molar refractivity (Wildman–Crippen MR) is 67.1 cm³/mol. The van der Waals surface area contributed by atoms with Crippen LogP contribution in [0, 0.1) is 0 Å². The normalized spacial score (nSPS) is 13.5. The van der Waals surface area contributed by atoms with Crippen LogP contribution in [0.4, 0.5) is 13.2 Å². The summed E-state index contributed by atoms with van der Waals surface area (Å²) in [7, 11) is 3.64. The van der Waals surface area contributed by atoms with Gasteiger partial charge in [0.25, 0.3) is 0 Å². The summed E-state index contributed by atoms with van der Waals surface area (Å²) in [5.41, 5.74) is 0. The highest BCUT2D eigenvalue weighted by Gasteiger charge is 2.26. The van der Waals surface area contributed by atoms with Crippen molar-refractivity contribution in [1.29, 1.82) is 0 Å². The second kappa shape index (κ2) is 7.30. The first-order valence-corrected chi connectivity index (χ1v) is 6.03. The Kier molecular flexibility index (Phi) is 6.03. The molecule has 0 aliphatic heterocycles. The van der Waals surface area contributed by atoms with E-state index in [0.717, 1.165) is 0 Å². The van der Waals surface area contributed by atoms with Crippen LogP contribution in [0.1, 0.15) is 11.8 Å². The van der Waals surface area contributed by atoms with Crippen molar-refractivity contribution in [2.45, 2.75) is 12.2 Å². The zero-order valence-corrected chi connectivity index (χ0v) is 11.3. The number of hydrogen-bond donors (Lipinski definition) is 2. The van der Waals surface area contributed by atoms with Gasteiger partial charge in [0.1, 0.15) is 5.76 Å². The van der Waals surface area contributed by atoms with Gasteiger partial charge in [-0.25, -0.2) is 0 Å². The number of nitrogens with zero attached hydrogens (tertiary/aromatic N) is 1. The summed E-state index contributed by atoms with van der Waals surface area (Å²) < 4.78 is 41.0. The Morgan fingerprint density at radius 3 is 2.65 bits per heavy atom. The lowest BCUT2D eigenvalue weighted by Gasteiger charge is -2.22. The SMILES string of the molecule is CN(C)C(CNC(=O)CNCC(F)(F)F)c1ccco1.